The van der Waals surface area contributed by atoms with Crippen molar-refractivity contribution in [2.24, 2.45) is 0 Å². The first kappa shape index (κ1) is 18.3. The van der Waals surface area contributed by atoms with E-state index in [0.29, 0.717) is 29.7 Å². The fraction of sp³-hybridized carbons (Fsp3) is 0.273. The van der Waals surface area contributed by atoms with Crippen LogP contribution in [0.1, 0.15) is 34.3 Å². The molecular weight excluding hydrogens is 356 g/mol. The van der Waals surface area contributed by atoms with E-state index in [1.165, 1.54) is 11.6 Å². The number of carboxylic acid groups (broad SMARTS) is 1. The normalized spacial score (nSPS) is 18.5. The second kappa shape index (κ2) is 7.48. The molecule has 4 rings (SSSR count). The molecule has 0 atom stereocenters. The van der Waals surface area contributed by atoms with Crippen LogP contribution in [-0.4, -0.2) is 40.7 Å². The number of aliphatic carboxylic acids is 1. The summed E-state index contributed by atoms with van der Waals surface area (Å²) in [5, 5.41) is 11.8. The minimum absolute atomic E-state index is 0.177. The monoisotopic (exact) mass is 378 g/mol. The van der Waals surface area contributed by atoms with Gasteiger partial charge in [-0.1, -0.05) is 36.4 Å². The molecule has 1 fully saturated rings. The van der Waals surface area contributed by atoms with Gasteiger partial charge in [-0.2, -0.15) is 0 Å². The topological polar surface area (TPSA) is 78.9 Å². The SMILES string of the molecule is O=C(O)C=Cc1ccc2c(c1)C(=O)NC1(CCN(Cc3ccccc3)CC1)O2. The summed E-state index contributed by atoms with van der Waals surface area (Å²) in [4.78, 5) is 25.7. The van der Waals surface area contributed by atoms with Gasteiger partial charge < -0.3 is 15.2 Å². The zero-order valence-corrected chi connectivity index (χ0v) is 15.4. The molecule has 2 aliphatic rings. The Kier molecular flexibility index (Phi) is 4.88. The number of carbonyl (C=O) groups is 2. The Labute approximate surface area is 163 Å². The first-order valence-electron chi connectivity index (χ1n) is 9.36. The number of carbonyl (C=O) groups excluding carboxylic acids is 1. The third-order valence-corrected chi connectivity index (χ3v) is 5.23. The van der Waals surface area contributed by atoms with E-state index in [1.54, 1.807) is 18.2 Å². The Morgan fingerprint density at radius 1 is 1.18 bits per heavy atom. The van der Waals surface area contributed by atoms with E-state index in [-0.39, 0.29) is 5.91 Å². The molecule has 0 radical (unpaired) electrons. The number of hydrogen-bond donors (Lipinski definition) is 2. The van der Waals surface area contributed by atoms with Crippen LogP contribution in [-0.2, 0) is 11.3 Å². The number of nitrogens with zero attached hydrogens (tertiary/aromatic N) is 1. The lowest BCUT2D eigenvalue weighted by Gasteiger charge is -2.44. The molecule has 2 aromatic rings. The number of carboxylic acids is 1. The summed E-state index contributed by atoms with van der Waals surface area (Å²) < 4.78 is 6.21. The van der Waals surface area contributed by atoms with Gasteiger partial charge >= 0.3 is 5.97 Å². The van der Waals surface area contributed by atoms with Crippen LogP contribution >= 0.6 is 0 Å². The first-order chi connectivity index (χ1) is 13.5. The van der Waals surface area contributed by atoms with Crippen molar-refractivity contribution in [1.29, 1.82) is 0 Å². The molecule has 28 heavy (non-hydrogen) atoms. The van der Waals surface area contributed by atoms with Gasteiger partial charge in [-0.15, -0.1) is 0 Å². The number of nitrogens with one attached hydrogen (secondary N) is 1. The van der Waals surface area contributed by atoms with Gasteiger partial charge in [0.05, 0.1) is 5.56 Å². The van der Waals surface area contributed by atoms with Gasteiger partial charge in [0.15, 0.2) is 5.72 Å². The van der Waals surface area contributed by atoms with Crippen LogP contribution in [0.15, 0.2) is 54.6 Å². The molecule has 6 heteroatoms. The second-order valence-electron chi connectivity index (χ2n) is 7.24. The fourth-order valence-corrected chi connectivity index (χ4v) is 3.74. The van der Waals surface area contributed by atoms with Crippen LogP contribution in [0.5, 0.6) is 5.75 Å². The molecule has 1 amide bonds. The van der Waals surface area contributed by atoms with Gasteiger partial charge in [0.25, 0.3) is 5.91 Å². The summed E-state index contributed by atoms with van der Waals surface area (Å²) >= 11 is 0. The summed E-state index contributed by atoms with van der Waals surface area (Å²) in [5.41, 5.74) is 1.69. The van der Waals surface area contributed by atoms with Crippen LogP contribution in [0, 0.1) is 0 Å². The Morgan fingerprint density at radius 2 is 1.93 bits per heavy atom. The van der Waals surface area contributed by atoms with Gasteiger partial charge in [-0.25, -0.2) is 4.79 Å². The largest absolute Gasteiger partial charge is 0.478 e. The number of fused-ring (bicyclic) bond motifs is 1. The maximum absolute atomic E-state index is 12.7. The van der Waals surface area contributed by atoms with Crippen LogP contribution < -0.4 is 10.1 Å². The predicted molar refractivity (Wildman–Crippen MR) is 105 cm³/mol. The van der Waals surface area contributed by atoms with E-state index in [9.17, 15) is 9.59 Å². The molecule has 0 bridgehead atoms. The quantitative estimate of drug-likeness (QED) is 0.800. The highest BCUT2D eigenvalue weighted by Gasteiger charge is 2.42. The van der Waals surface area contributed by atoms with Crippen molar-refractivity contribution in [3.63, 3.8) is 0 Å². The first-order valence-corrected chi connectivity index (χ1v) is 9.36. The molecule has 2 aliphatic heterocycles. The fourth-order valence-electron chi connectivity index (χ4n) is 3.74. The van der Waals surface area contributed by atoms with Crippen molar-refractivity contribution in [3.8, 4) is 5.75 Å². The highest BCUT2D eigenvalue weighted by Crippen LogP contribution is 2.34. The van der Waals surface area contributed by atoms with E-state index in [0.717, 1.165) is 25.7 Å². The minimum Gasteiger partial charge on any atom is -0.478 e. The van der Waals surface area contributed by atoms with Gasteiger partial charge in [-0.3, -0.25) is 9.69 Å². The van der Waals surface area contributed by atoms with Crippen molar-refractivity contribution < 1.29 is 19.4 Å². The van der Waals surface area contributed by atoms with Crippen molar-refractivity contribution in [1.82, 2.24) is 10.2 Å². The van der Waals surface area contributed by atoms with Crippen LogP contribution in [0.2, 0.25) is 0 Å². The van der Waals surface area contributed by atoms with Gasteiger partial charge in [-0.05, 0) is 29.3 Å². The molecule has 1 spiro atoms. The lowest BCUT2D eigenvalue weighted by molar-refractivity contribution is -0.131. The smallest absolute Gasteiger partial charge is 0.328 e. The zero-order chi connectivity index (χ0) is 19.6. The van der Waals surface area contributed by atoms with E-state index in [4.69, 9.17) is 9.84 Å². The summed E-state index contributed by atoms with van der Waals surface area (Å²) in [5.74, 6) is -0.657. The highest BCUT2D eigenvalue weighted by atomic mass is 16.5. The standard InChI is InChI=1S/C22H22N2O4/c25-20(26)9-7-16-6-8-19-18(14-16)21(27)23-22(28-19)10-12-24(13-11-22)15-17-4-2-1-3-5-17/h1-9,14H,10-13,15H2,(H,23,27)(H,25,26). The molecule has 0 aromatic heterocycles. The Bertz CT molecular complexity index is 915. The van der Waals surface area contributed by atoms with Crippen molar-refractivity contribution >= 4 is 18.0 Å². The van der Waals surface area contributed by atoms with E-state index >= 15 is 0 Å². The molecule has 0 saturated carbocycles. The maximum Gasteiger partial charge on any atom is 0.328 e. The summed E-state index contributed by atoms with van der Waals surface area (Å²) in [7, 11) is 0. The Hall–Kier alpha value is -3.12. The average Bonchev–Trinajstić information content (AvgIpc) is 2.69. The number of benzene rings is 2. The van der Waals surface area contributed by atoms with Gasteiger partial charge in [0, 0.05) is 38.6 Å². The van der Waals surface area contributed by atoms with Crippen molar-refractivity contribution in [3.05, 3.63) is 71.3 Å². The number of piperidine rings is 1. The lowest BCUT2D eigenvalue weighted by atomic mass is 9.96. The summed E-state index contributed by atoms with van der Waals surface area (Å²) in [6, 6.07) is 15.5. The average molecular weight is 378 g/mol. The van der Waals surface area contributed by atoms with Crippen molar-refractivity contribution in [2.45, 2.75) is 25.1 Å². The van der Waals surface area contributed by atoms with Gasteiger partial charge in [0.1, 0.15) is 5.75 Å². The van der Waals surface area contributed by atoms with Gasteiger partial charge in [0.2, 0.25) is 0 Å². The van der Waals surface area contributed by atoms with Crippen LogP contribution in [0.4, 0.5) is 0 Å². The molecule has 0 unspecified atom stereocenters. The third-order valence-electron chi connectivity index (χ3n) is 5.23. The van der Waals surface area contributed by atoms with Crippen LogP contribution in [0.25, 0.3) is 6.08 Å². The molecular formula is C22H22N2O4. The summed E-state index contributed by atoms with van der Waals surface area (Å²) in [6.07, 6.45) is 3.94. The molecule has 144 valence electrons. The molecule has 6 nitrogen and oxygen atoms in total. The van der Waals surface area contributed by atoms with E-state index in [2.05, 4.69) is 22.3 Å². The molecule has 1 saturated heterocycles. The third kappa shape index (κ3) is 3.92. The number of rotatable bonds is 4. The molecule has 2 heterocycles. The predicted octanol–water partition coefficient (Wildman–Crippen LogP) is 2.90. The molecule has 2 aromatic carbocycles. The number of amides is 1. The molecule has 2 N–H and O–H groups in total. The molecule has 0 aliphatic carbocycles. The summed E-state index contributed by atoms with van der Waals surface area (Å²) in [6.45, 7) is 2.56. The Morgan fingerprint density at radius 3 is 2.64 bits per heavy atom. The van der Waals surface area contributed by atoms with E-state index in [1.807, 2.05) is 18.2 Å². The number of likely N-dealkylation sites (tertiary alicyclic amines) is 1. The highest BCUT2D eigenvalue weighted by molar-refractivity contribution is 5.99. The maximum atomic E-state index is 12.7. The zero-order valence-electron chi connectivity index (χ0n) is 15.4. The Balaban J connectivity index is 1.44. The minimum atomic E-state index is -1.03. The van der Waals surface area contributed by atoms with Crippen LogP contribution in [0.3, 0.4) is 0 Å². The van der Waals surface area contributed by atoms with Crippen molar-refractivity contribution in [2.75, 3.05) is 13.1 Å². The lowest BCUT2D eigenvalue weighted by Crippen LogP contribution is -2.60. The number of ether oxygens (including phenoxy) is 1. The number of hydrogen-bond acceptors (Lipinski definition) is 4. The second-order valence-corrected chi connectivity index (χ2v) is 7.24. The van der Waals surface area contributed by atoms with E-state index < -0.39 is 11.7 Å².